The van der Waals surface area contributed by atoms with Gasteiger partial charge in [-0.2, -0.15) is 4.98 Å². The number of amides is 1. The molecule has 0 radical (unpaired) electrons. The molecule has 8 nitrogen and oxygen atoms in total. The fourth-order valence-electron chi connectivity index (χ4n) is 4.13. The standard InChI is InChI=1S/C28H22N6O2/c1-18(19-7-3-2-4-8-19)31-28-29-14-13-26(33-28)34-17-30-22-16-21(11-12-23(22)34)32-27(35)25-15-20-9-5-6-10-24(20)36-25/h2-18H,1H3,(H,32,35)(H,29,31,33). The largest absolute Gasteiger partial charge is 0.451 e. The fraction of sp³-hybridized carbons (Fsp3) is 0.0714. The molecule has 2 N–H and O–H groups in total. The average molecular weight is 475 g/mol. The van der Waals surface area contributed by atoms with Crippen LogP contribution in [0, 0.1) is 0 Å². The number of aromatic nitrogens is 4. The maximum atomic E-state index is 12.7. The van der Waals surface area contributed by atoms with Gasteiger partial charge in [-0.15, -0.1) is 0 Å². The van der Waals surface area contributed by atoms with E-state index >= 15 is 0 Å². The van der Waals surface area contributed by atoms with Gasteiger partial charge in [-0.25, -0.2) is 9.97 Å². The molecular formula is C28H22N6O2. The summed E-state index contributed by atoms with van der Waals surface area (Å²) in [7, 11) is 0. The number of imidazole rings is 1. The molecule has 36 heavy (non-hydrogen) atoms. The Hall–Kier alpha value is -4.98. The van der Waals surface area contributed by atoms with E-state index in [9.17, 15) is 4.79 Å². The maximum Gasteiger partial charge on any atom is 0.291 e. The molecule has 0 aliphatic carbocycles. The van der Waals surface area contributed by atoms with E-state index in [0.717, 1.165) is 22.0 Å². The number of benzene rings is 3. The Bertz CT molecular complexity index is 1660. The summed E-state index contributed by atoms with van der Waals surface area (Å²) in [5.41, 5.74) is 4.03. The molecule has 1 amide bonds. The Morgan fingerprint density at radius 3 is 2.64 bits per heavy atom. The van der Waals surface area contributed by atoms with Crippen LogP contribution in [-0.2, 0) is 0 Å². The fourth-order valence-corrected chi connectivity index (χ4v) is 4.13. The van der Waals surface area contributed by atoms with Gasteiger partial charge in [-0.1, -0.05) is 48.5 Å². The Balaban J connectivity index is 1.22. The first kappa shape index (κ1) is 21.5. The van der Waals surface area contributed by atoms with Crippen molar-refractivity contribution < 1.29 is 9.21 Å². The molecule has 0 saturated heterocycles. The maximum absolute atomic E-state index is 12.7. The number of carbonyl (C=O) groups is 1. The number of nitrogens with one attached hydrogen (secondary N) is 2. The summed E-state index contributed by atoms with van der Waals surface area (Å²) >= 11 is 0. The van der Waals surface area contributed by atoms with Crippen LogP contribution >= 0.6 is 0 Å². The number of anilines is 2. The number of nitrogens with zero attached hydrogens (tertiary/aromatic N) is 4. The Morgan fingerprint density at radius 1 is 0.944 bits per heavy atom. The highest BCUT2D eigenvalue weighted by molar-refractivity contribution is 6.05. The summed E-state index contributed by atoms with van der Waals surface area (Å²) in [5.74, 6) is 1.16. The van der Waals surface area contributed by atoms with Crippen LogP contribution in [0.25, 0.3) is 27.8 Å². The zero-order valence-electron chi connectivity index (χ0n) is 19.4. The van der Waals surface area contributed by atoms with Gasteiger partial charge in [0.1, 0.15) is 17.7 Å². The van der Waals surface area contributed by atoms with E-state index in [4.69, 9.17) is 4.42 Å². The minimum Gasteiger partial charge on any atom is -0.451 e. The smallest absolute Gasteiger partial charge is 0.291 e. The van der Waals surface area contributed by atoms with Crippen molar-refractivity contribution in [3.63, 3.8) is 0 Å². The van der Waals surface area contributed by atoms with Crippen molar-refractivity contribution in [3.8, 4) is 5.82 Å². The van der Waals surface area contributed by atoms with Gasteiger partial charge in [0.25, 0.3) is 5.91 Å². The molecule has 8 heteroatoms. The number of furan rings is 1. The minimum atomic E-state index is -0.316. The summed E-state index contributed by atoms with van der Waals surface area (Å²) in [4.78, 5) is 26.3. The molecule has 6 aromatic rings. The topological polar surface area (TPSA) is 97.9 Å². The molecule has 1 atom stereocenters. The molecule has 0 spiro atoms. The Morgan fingerprint density at radius 2 is 1.78 bits per heavy atom. The predicted molar refractivity (Wildman–Crippen MR) is 139 cm³/mol. The number of hydrogen-bond acceptors (Lipinski definition) is 6. The minimum absolute atomic E-state index is 0.0545. The van der Waals surface area contributed by atoms with Crippen LogP contribution < -0.4 is 10.6 Å². The van der Waals surface area contributed by atoms with E-state index in [2.05, 4.69) is 44.6 Å². The lowest BCUT2D eigenvalue weighted by molar-refractivity contribution is 0.0998. The van der Waals surface area contributed by atoms with E-state index in [-0.39, 0.29) is 17.7 Å². The van der Waals surface area contributed by atoms with Crippen LogP contribution in [0.5, 0.6) is 0 Å². The molecule has 176 valence electrons. The highest BCUT2D eigenvalue weighted by atomic mass is 16.3. The molecule has 1 unspecified atom stereocenters. The van der Waals surface area contributed by atoms with Gasteiger partial charge in [-0.3, -0.25) is 9.36 Å². The summed E-state index contributed by atoms with van der Waals surface area (Å²) in [5, 5.41) is 7.12. The van der Waals surface area contributed by atoms with Crippen molar-refractivity contribution in [2.45, 2.75) is 13.0 Å². The van der Waals surface area contributed by atoms with Crippen molar-refractivity contribution in [2.24, 2.45) is 0 Å². The van der Waals surface area contributed by atoms with E-state index < -0.39 is 0 Å². The number of fused-ring (bicyclic) bond motifs is 2. The van der Waals surface area contributed by atoms with Gasteiger partial charge in [-0.05, 0) is 48.9 Å². The lowest BCUT2D eigenvalue weighted by Crippen LogP contribution is -2.11. The van der Waals surface area contributed by atoms with Crippen molar-refractivity contribution >= 4 is 39.5 Å². The second kappa shape index (κ2) is 8.99. The van der Waals surface area contributed by atoms with Gasteiger partial charge in [0.2, 0.25) is 5.95 Å². The summed E-state index contributed by atoms with van der Waals surface area (Å²) in [6, 6.07) is 26.8. The normalized spacial score (nSPS) is 12.0. The van der Waals surface area contributed by atoms with Crippen molar-refractivity contribution in [1.29, 1.82) is 0 Å². The van der Waals surface area contributed by atoms with Gasteiger partial charge < -0.3 is 15.1 Å². The molecule has 6 rings (SSSR count). The van der Waals surface area contributed by atoms with Crippen molar-refractivity contribution in [2.75, 3.05) is 10.6 Å². The van der Waals surface area contributed by atoms with Crippen LogP contribution in [0.3, 0.4) is 0 Å². The van der Waals surface area contributed by atoms with Gasteiger partial charge in [0.15, 0.2) is 5.76 Å². The SMILES string of the molecule is CC(Nc1nccc(-n2cnc3cc(NC(=O)c4cc5ccccc5o4)ccc32)n1)c1ccccc1. The summed E-state index contributed by atoms with van der Waals surface area (Å²) in [6.45, 7) is 2.07. The molecule has 3 aromatic carbocycles. The first-order valence-electron chi connectivity index (χ1n) is 11.6. The molecular weight excluding hydrogens is 452 g/mol. The van der Waals surface area contributed by atoms with E-state index in [1.54, 1.807) is 18.6 Å². The first-order chi connectivity index (χ1) is 17.6. The number of carbonyl (C=O) groups excluding carboxylic acids is 1. The zero-order valence-corrected chi connectivity index (χ0v) is 19.4. The molecule has 0 aliphatic rings. The molecule has 3 heterocycles. The van der Waals surface area contributed by atoms with E-state index in [1.165, 1.54) is 0 Å². The van der Waals surface area contributed by atoms with Crippen LogP contribution in [0.1, 0.15) is 29.1 Å². The lowest BCUT2D eigenvalue weighted by Gasteiger charge is -2.14. The highest BCUT2D eigenvalue weighted by Crippen LogP contribution is 2.24. The third-order valence-electron chi connectivity index (χ3n) is 5.99. The molecule has 0 fully saturated rings. The monoisotopic (exact) mass is 474 g/mol. The van der Waals surface area contributed by atoms with Gasteiger partial charge in [0.05, 0.1) is 17.1 Å². The van der Waals surface area contributed by atoms with Crippen LogP contribution in [-0.4, -0.2) is 25.4 Å². The summed E-state index contributed by atoms with van der Waals surface area (Å²) in [6.07, 6.45) is 3.43. The number of para-hydroxylation sites is 1. The Labute approximate surface area is 206 Å². The molecule has 3 aromatic heterocycles. The third-order valence-corrected chi connectivity index (χ3v) is 5.99. The Kier molecular flexibility index (Phi) is 5.38. The van der Waals surface area contributed by atoms with E-state index in [0.29, 0.717) is 23.0 Å². The molecule has 0 aliphatic heterocycles. The zero-order chi connectivity index (χ0) is 24.5. The van der Waals surface area contributed by atoms with Gasteiger partial charge in [0, 0.05) is 17.3 Å². The van der Waals surface area contributed by atoms with Crippen LogP contribution in [0.4, 0.5) is 11.6 Å². The number of rotatable bonds is 6. The predicted octanol–water partition coefficient (Wildman–Crippen LogP) is 5.99. The van der Waals surface area contributed by atoms with Crippen molar-refractivity contribution in [3.05, 3.63) is 109 Å². The second-order valence-corrected chi connectivity index (χ2v) is 8.44. The van der Waals surface area contributed by atoms with E-state index in [1.807, 2.05) is 71.3 Å². The first-order valence-corrected chi connectivity index (χ1v) is 11.6. The third kappa shape index (κ3) is 4.16. The number of hydrogen-bond donors (Lipinski definition) is 2. The van der Waals surface area contributed by atoms with Crippen molar-refractivity contribution in [1.82, 2.24) is 19.5 Å². The van der Waals surface area contributed by atoms with Crippen LogP contribution in [0.15, 0.2) is 102 Å². The molecule has 0 saturated carbocycles. The average Bonchev–Trinajstić information content (AvgIpc) is 3.54. The quantitative estimate of drug-likeness (QED) is 0.308. The molecule has 0 bridgehead atoms. The lowest BCUT2D eigenvalue weighted by atomic mass is 10.1. The second-order valence-electron chi connectivity index (χ2n) is 8.44. The van der Waals surface area contributed by atoms with Crippen LogP contribution in [0.2, 0.25) is 0 Å². The highest BCUT2D eigenvalue weighted by Gasteiger charge is 2.14. The summed E-state index contributed by atoms with van der Waals surface area (Å²) < 4.78 is 7.56. The van der Waals surface area contributed by atoms with Gasteiger partial charge >= 0.3 is 0 Å².